The van der Waals surface area contributed by atoms with Crippen LogP contribution in [0, 0.1) is 0 Å². The van der Waals surface area contributed by atoms with Gasteiger partial charge in [0, 0.05) is 6.07 Å². The largest absolute Gasteiger partial charge is 0.480 e. The van der Waals surface area contributed by atoms with Crippen LogP contribution < -0.4 is 4.74 Å². The van der Waals surface area contributed by atoms with Crippen molar-refractivity contribution in [1.29, 1.82) is 0 Å². The van der Waals surface area contributed by atoms with Gasteiger partial charge in [-0.3, -0.25) is 0 Å². The summed E-state index contributed by atoms with van der Waals surface area (Å²) in [7, 11) is 1.53. The van der Waals surface area contributed by atoms with E-state index in [0.29, 0.717) is 17.4 Å². The highest BCUT2D eigenvalue weighted by atomic mass is 16.5. The van der Waals surface area contributed by atoms with E-state index in [9.17, 15) is 0 Å². The Morgan fingerprint density at radius 3 is 2.77 bits per heavy atom. The summed E-state index contributed by atoms with van der Waals surface area (Å²) in [6, 6.07) is 3.38. The number of rotatable bonds is 2. The molecule has 0 aliphatic heterocycles. The second kappa shape index (κ2) is 3.18. The summed E-state index contributed by atoms with van der Waals surface area (Å²) in [5.74, 6) is 0.863. The molecule has 6 heteroatoms. The highest BCUT2D eigenvalue weighted by Gasteiger charge is 2.04. The van der Waals surface area contributed by atoms with E-state index in [1.54, 1.807) is 12.1 Å². The molecular formula is C7H6N4O2. The summed E-state index contributed by atoms with van der Waals surface area (Å²) in [4.78, 5) is 3.82. The molecule has 0 radical (unpaired) electrons. The van der Waals surface area contributed by atoms with Crippen LogP contribution in [0.1, 0.15) is 0 Å². The molecule has 2 aromatic heterocycles. The minimum Gasteiger partial charge on any atom is -0.480 e. The Hall–Kier alpha value is -1.98. The number of hydrogen-bond acceptors (Lipinski definition) is 6. The fraction of sp³-hybridized carbons (Fsp3) is 0.143. The molecule has 13 heavy (non-hydrogen) atoms. The molecule has 0 aromatic carbocycles. The number of nitrogens with zero attached hydrogens (tertiary/aromatic N) is 4. The SMILES string of the molecule is COc1ccc(-c2ncon2)nn1. The molecule has 2 aromatic rings. The average Bonchev–Trinajstić information content (AvgIpc) is 2.71. The van der Waals surface area contributed by atoms with E-state index in [-0.39, 0.29) is 0 Å². The predicted molar refractivity (Wildman–Crippen MR) is 41.9 cm³/mol. The summed E-state index contributed by atoms with van der Waals surface area (Å²) >= 11 is 0. The molecule has 0 aliphatic carbocycles. The zero-order valence-electron chi connectivity index (χ0n) is 6.84. The molecular weight excluding hydrogens is 172 g/mol. The van der Waals surface area contributed by atoms with Crippen LogP contribution in [0.4, 0.5) is 0 Å². The second-order valence-corrected chi connectivity index (χ2v) is 2.22. The van der Waals surface area contributed by atoms with E-state index in [1.165, 1.54) is 13.5 Å². The summed E-state index contributed by atoms with van der Waals surface area (Å²) in [6.45, 7) is 0. The van der Waals surface area contributed by atoms with Gasteiger partial charge in [0.15, 0.2) is 0 Å². The van der Waals surface area contributed by atoms with Crippen LogP contribution in [-0.4, -0.2) is 27.4 Å². The van der Waals surface area contributed by atoms with Crippen molar-refractivity contribution in [3.63, 3.8) is 0 Å². The molecule has 0 aliphatic rings. The Kier molecular flexibility index (Phi) is 1.87. The van der Waals surface area contributed by atoms with Gasteiger partial charge in [-0.05, 0) is 6.07 Å². The standard InChI is InChI=1S/C7H6N4O2/c1-12-6-3-2-5(9-10-6)7-8-4-13-11-7/h2-4H,1H3. The van der Waals surface area contributed by atoms with E-state index >= 15 is 0 Å². The van der Waals surface area contributed by atoms with Gasteiger partial charge in [0.1, 0.15) is 5.69 Å². The maximum absolute atomic E-state index is 4.85. The van der Waals surface area contributed by atoms with Crippen molar-refractivity contribution in [2.45, 2.75) is 0 Å². The lowest BCUT2D eigenvalue weighted by Gasteiger charge is -1.95. The van der Waals surface area contributed by atoms with Crippen LogP contribution in [0.25, 0.3) is 11.5 Å². The quantitative estimate of drug-likeness (QED) is 0.667. The zero-order chi connectivity index (χ0) is 9.10. The fourth-order valence-corrected chi connectivity index (χ4v) is 0.832. The van der Waals surface area contributed by atoms with Crippen molar-refractivity contribution in [2.24, 2.45) is 0 Å². The molecule has 2 rings (SSSR count). The van der Waals surface area contributed by atoms with Gasteiger partial charge in [-0.15, -0.1) is 10.2 Å². The van der Waals surface area contributed by atoms with Gasteiger partial charge in [-0.25, -0.2) is 0 Å². The average molecular weight is 178 g/mol. The van der Waals surface area contributed by atoms with Crippen molar-refractivity contribution in [3.8, 4) is 17.4 Å². The van der Waals surface area contributed by atoms with Gasteiger partial charge in [-0.1, -0.05) is 5.16 Å². The van der Waals surface area contributed by atoms with Gasteiger partial charge in [0.25, 0.3) is 0 Å². The monoisotopic (exact) mass is 178 g/mol. The molecule has 2 heterocycles. The second-order valence-electron chi connectivity index (χ2n) is 2.22. The lowest BCUT2D eigenvalue weighted by atomic mass is 10.4. The lowest BCUT2D eigenvalue weighted by molar-refractivity contribution is 0.392. The van der Waals surface area contributed by atoms with Crippen LogP contribution in [0.3, 0.4) is 0 Å². The molecule has 0 unspecified atom stereocenters. The van der Waals surface area contributed by atoms with Gasteiger partial charge >= 0.3 is 0 Å². The van der Waals surface area contributed by atoms with Crippen molar-refractivity contribution < 1.29 is 9.26 Å². The molecule has 0 bridgehead atoms. The minimum atomic E-state index is 0.412. The van der Waals surface area contributed by atoms with Crippen LogP contribution in [0.5, 0.6) is 5.88 Å². The van der Waals surface area contributed by atoms with Crippen molar-refractivity contribution in [3.05, 3.63) is 18.5 Å². The number of methoxy groups -OCH3 is 1. The van der Waals surface area contributed by atoms with Crippen LogP contribution in [-0.2, 0) is 0 Å². The summed E-state index contributed by atoms with van der Waals surface area (Å²) < 4.78 is 9.41. The van der Waals surface area contributed by atoms with E-state index in [2.05, 4.69) is 24.9 Å². The Morgan fingerprint density at radius 1 is 1.31 bits per heavy atom. The normalized spacial score (nSPS) is 9.92. The molecule has 66 valence electrons. The topological polar surface area (TPSA) is 73.9 Å². The first-order chi connectivity index (χ1) is 6.40. The first-order valence-corrected chi connectivity index (χ1v) is 3.54. The molecule has 0 amide bonds. The van der Waals surface area contributed by atoms with Gasteiger partial charge in [-0.2, -0.15) is 4.98 Å². The Labute approximate surface area is 73.6 Å². The van der Waals surface area contributed by atoms with Crippen LogP contribution in [0.2, 0.25) is 0 Å². The first kappa shape index (κ1) is 7.66. The summed E-state index contributed by atoms with van der Waals surface area (Å²) in [6.07, 6.45) is 1.24. The predicted octanol–water partition coefficient (Wildman–Crippen LogP) is 0.535. The zero-order valence-corrected chi connectivity index (χ0v) is 6.84. The maximum Gasteiger partial charge on any atom is 0.233 e. The van der Waals surface area contributed by atoms with Crippen molar-refractivity contribution in [2.75, 3.05) is 7.11 Å². The van der Waals surface area contributed by atoms with Crippen LogP contribution in [0.15, 0.2) is 23.0 Å². The molecule has 0 atom stereocenters. The minimum absolute atomic E-state index is 0.412. The molecule has 0 saturated heterocycles. The Balaban J connectivity index is 2.33. The molecule has 0 N–H and O–H groups in total. The Morgan fingerprint density at radius 2 is 2.23 bits per heavy atom. The van der Waals surface area contributed by atoms with Crippen molar-refractivity contribution >= 4 is 0 Å². The third kappa shape index (κ3) is 1.46. The third-order valence-corrected chi connectivity index (χ3v) is 1.44. The Bertz CT molecular complexity index is 370. The van der Waals surface area contributed by atoms with Gasteiger partial charge in [0.05, 0.1) is 7.11 Å². The van der Waals surface area contributed by atoms with E-state index in [1.807, 2.05) is 0 Å². The number of hydrogen-bond donors (Lipinski definition) is 0. The van der Waals surface area contributed by atoms with Crippen molar-refractivity contribution in [1.82, 2.24) is 20.3 Å². The van der Waals surface area contributed by atoms with Crippen LogP contribution >= 0.6 is 0 Å². The molecule has 0 fully saturated rings. The first-order valence-electron chi connectivity index (χ1n) is 3.54. The molecule has 6 nitrogen and oxygen atoms in total. The smallest absolute Gasteiger partial charge is 0.233 e. The van der Waals surface area contributed by atoms with Gasteiger partial charge < -0.3 is 9.26 Å². The van der Waals surface area contributed by atoms with Gasteiger partial charge in [0.2, 0.25) is 18.1 Å². The fourth-order valence-electron chi connectivity index (χ4n) is 0.832. The highest BCUT2D eigenvalue weighted by Crippen LogP contribution is 2.11. The summed E-state index contributed by atoms with van der Waals surface area (Å²) in [5.41, 5.74) is 0.551. The maximum atomic E-state index is 4.85. The van der Waals surface area contributed by atoms with E-state index in [4.69, 9.17) is 4.74 Å². The lowest BCUT2D eigenvalue weighted by Crippen LogP contribution is -1.92. The summed E-state index contributed by atoms with van der Waals surface area (Å²) in [5, 5.41) is 11.2. The van der Waals surface area contributed by atoms with E-state index < -0.39 is 0 Å². The molecule has 0 spiro atoms. The molecule has 0 saturated carbocycles. The van der Waals surface area contributed by atoms with E-state index in [0.717, 1.165) is 0 Å². The third-order valence-electron chi connectivity index (χ3n) is 1.44. The number of ether oxygens (including phenoxy) is 1. The number of aromatic nitrogens is 4. The highest BCUT2D eigenvalue weighted by molar-refractivity contribution is 5.46.